The van der Waals surface area contributed by atoms with Crippen molar-refractivity contribution in [3.05, 3.63) is 35.4 Å². The molecule has 2 N–H and O–H groups in total. The molecule has 2 atom stereocenters. The molecule has 0 aliphatic carbocycles. The SMILES string of the molecule is CC1(C)CC[C@H]([C@H](O)c2cccc(C#N)c2)N1. The first-order valence-electron chi connectivity index (χ1n) is 5.98. The maximum atomic E-state index is 10.3. The summed E-state index contributed by atoms with van der Waals surface area (Å²) >= 11 is 0. The van der Waals surface area contributed by atoms with E-state index in [1.807, 2.05) is 12.1 Å². The molecule has 0 unspecified atom stereocenters. The molecular formula is C14H18N2O. The fourth-order valence-corrected chi connectivity index (χ4v) is 2.42. The smallest absolute Gasteiger partial charge is 0.0991 e. The first-order valence-corrected chi connectivity index (χ1v) is 5.98. The number of aliphatic hydroxyl groups is 1. The quantitative estimate of drug-likeness (QED) is 0.818. The number of hydrogen-bond acceptors (Lipinski definition) is 3. The highest BCUT2D eigenvalue weighted by Crippen LogP contribution is 2.30. The van der Waals surface area contributed by atoms with Crippen LogP contribution in [0, 0.1) is 11.3 Å². The predicted octanol–water partition coefficient (Wildman–Crippen LogP) is 2.12. The van der Waals surface area contributed by atoms with E-state index in [0.29, 0.717) is 5.56 Å². The molecule has 17 heavy (non-hydrogen) atoms. The highest BCUT2D eigenvalue weighted by molar-refractivity contribution is 5.34. The fraction of sp³-hybridized carbons (Fsp3) is 0.500. The summed E-state index contributed by atoms with van der Waals surface area (Å²) in [7, 11) is 0. The maximum absolute atomic E-state index is 10.3. The molecule has 1 aromatic rings. The lowest BCUT2D eigenvalue weighted by atomic mass is 9.99. The number of nitrogens with one attached hydrogen (secondary N) is 1. The minimum atomic E-state index is -0.537. The highest BCUT2D eigenvalue weighted by atomic mass is 16.3. The summed E-state index contributed by atoms with van der Waals surface area (Å²) in [5, 5.41) is 22.6. The van der Waals surface area contributed by atoms with Crippen LogP contribution >= 0.6 is 0 Å². The Morgan fingerprint density at radius 3 is 2.88 bits per heavy atom. The van der Waals surface area contributed by atoms with Gasteiger partial charge in [0.25, 0.3) is 0 Å². The number of rotatable bonds is 2. The van der Waals surface area contributed by atoms with Crippen LogP contribution in [0.5, 0.6) is 0 Å². The Hall–Kier alpha value is -1.37. The van der Waals surface area contributed by atoms with E-state index in [-0.39, 0.29) is 11.6 Å². The molecule has 2 rings (SSSR count). The van der Waals surface area contributed by atoms with Gasteiger partial charge in [-0.2, -0.15) is 5.26 Å². The van der Waals surface area contributed by atoms with E-state index >= 15 is 0 Å². The Morgan fingerprint density at radius 2 is 2.29 bits per heavy atom. The minimum Gasteiger partial charge on any atom is -0.387 e. The molecule has 1 aromatic carbocycles. The summed E-state index contributed by atoms with van der Waals surface area (Å²) in [6.45, 7) is 4.29. The van der Waals surface area contributed by atoms with Crippen LogP contribution in [-0.2, 0) is 0 Å². The molecule has 0 aromatic heterocycles. The van der Waals surface area contributed by atoms with Crippen molar-refractivity contribution >= 4 is 0 Å². The van der Waals surface area contributed by atoms with E-state index in [9.17, 15) is 5.11 Å². The standard InChI is InChI=1S/C14H18N2O/c1-14(2)7-6-12(16-14)13(17)11-5-3-4-10(8-11)9-15/h3-5,8,12-13,16-17H,6-7H2,1-2H3/t12-,13-/m1/s1. The number of benzene rings is 1. The van der Waals surface area contributed by atoms with Gasteiger partial charge in [-0.15, -0.1) is 0 Å². The predicted molar refractivity (Wildman–Crippen MR) is 66.4 cm³/mol. The second-order valence-corrected chi connectivity index (χ2v) is 5.36. The van der Waals surface area contributed by atoms with Crippen LogP contribution < -0.4 is 5.32 Å². The van der Waals surface area contributed by atoms with Crippen molar-refractivity contribution in [1.29, 1.82) is 5.26 Å². The first-order chi connectivity index (χ1) is 8.02. The minimum absolute atomic E-state index is 0.0824. The zero-order chi connectivity index (χ0) is 12.5. The van der Waals surface area contributed by atoms with Gasteiger partial charge in [-0.25, -0.2) is 0 Å². The summed E-state index contributed by atoms with van der Waals surface area (Å²) in [5.41, 5.74) is 1.51. The van der Waals surface area contributed by atoms with Gasteiger partial charge < -0.3 is 10.4 Å². The molecular weight excluding hydrogens is 212 g/mol. The number of hydrogen-bond donors (Lipinski definition) is 2. The van der Waals surface area contributed by atoms with Crippen molar-refractivity contribution in [2.75, 3.05) is 0 Å². The molecule has 1 saturated heterocycles. The fourth-order valence-electron chi connectivity index (χ4n) is 2.42. The molecule has 1 heterocycles. The molecule has 0 bridgehead atoms. The molecule has 1 aliphatic heterocycles. The molecule has 90 valence electrons. The monoisotopic (exact) mass is 230 g/mol. The summed E-state index contributed by atoms with van der Waals surface area (Å²) < 4.78 is 0. The van der Waals surface area contributed by atoms with Gasteiger partial charge in [0.15, 0.2) is 0 Å². The van der Waals surface area contributed by atoms with Gasteiger partial charge in [0.2, 0.25) is 0 Å². The summed E-state index contributed by atoms with van der Waals surface area (Å²) in [5.74, 6) is 0. The normalized spacial score (nSPS) is 24.2. The van der Waals surface area contributed by atoms with Crippen molar-refractivity contribution in [1.82, 2.24) is 5.32 Å². The third-order valence-corrected chi connectivity index (χ3v) is 3.39. The van der Waals surface area contributed by atoms with E-state index in [0.717, 1.165) is 18.4 Å². The van der Waals surface area contributed by atoms with Crippen LogP contribution in [0.15, 0.2) is 24.3 Å². The van der Waals surface area contributed by atoms with Gasteiger partial charge in [0.05, 0.1) is 17.7 Å². The average molecular weight is 230 g/mol. The van der Waals surface area contributed by atoms with Crippen molar-refractivity contribution < 1.29 is 5.11 Å². The molecule has 1 aliphatic rings. The van der Waals surface area contributed by atoms with Crippen molar-refractivity contribution in [2.24, 2.45) is 0 Å². The largest absolute Gasteiger partial charge is 0.387 e. The Balaban J connectivity index is 2.15. The average Bonchev–Trinajstić information content (AvgIpc) is 2.69. The van der Waals surface area contributed by atoms with Crippen LogP contribution in [-0.4, -0.2) is 16.7 Å². The molecule has 0 saturated carbocycles. The number of nitriles is 1. The van der Waals surface area contributed by atoms with E-state index in [1.165, 1.54) is 0 Å². The Kier molecular flexibility index (Phi) is 3.19. The lowest BCUT2D eigenvalue weighted by Gasteiger charge is -2.24. The third kappa shape index (κ3) is 2.66. The molecule has 3 heteroatoms. The Labute approximate surface area is 102 Å². The Morgan fingerprint density at radius 1 is 1.53 bits per heavy atom. The van der Waals surface area contributed by atoms with Gasteiger partial charge in [0.1, 0.15) is 0 Å². The topological polar surface area (TPSA) is 56.0 Å². The van der Waals surface area contributed by atoms with Gasteiger partial charge in [-0.3, -0.25) is 0 Å². The van der Waals surface area contributed by atoms with Crippen molar-refractivity contribution in [3.63, 3.8) is 0 Å². The summed E-state index contributed by atoms with van der Waals surface area (Å²) in [4.78, 5) is 0. The zero-order valence-corrected chi connectivity index (χ0v) is 10.3. The molecule has 0 radical (unpaired) electrons. The van der Waals surface area contributed by atoms with E-state index < -0.39 is 6.10 Å². The number of nitrogens with zero attached hydrogens (tertiary/aromatic N) is 1. The molecule has 3 nitrogen and oxygen atoms in total. The zero-order valence-electron chi connectivity index (χ0n) is 10.3. The molecule has 0 spiro atoms. The third-order valence-electron chi connectivity index (χ3n) is 3.39. The van der Waals surface area contributed by atoms with Gasteiger partial charge in [0, 0.05) is 11.6 Å². The van der Waals surface area contributed by atoms with Crippen LogP contribution in [0.25, 0.3) is 0 Å². The van der Waals surface area contributed by atoms with E-state index in [2.05, 4.69) is 25.2 Å². The summed E-state index contributed by atoms with van der Waals surface area (Å²) in [6, 6.07) is 9.38. The molecule has 0 amide bonds. The second kappa shape index (κ2) is 4.48. The Bertz CT molecular complexity index is 448. The van der Waals surface area contributed by atoms with Gasteiger partial charge in [-0.05, 0) is 44.4 Å². The van der Waals surface area contributed by atoms with Crippen molar-refractivity contribution in [3.8, 4) is 6.07 Å². The highest BCUT2D eigenvalue weighted by Gasteiger charge is 2.34. The van der Waals surface area contributed by atoms with Gasteiger partial charge >= 0.3 is 0 Å². The van der Waals surface area contributed by atoms with Crippen LogP contribution in [0.2, 0.25) is 0 Å². The second-order valence-electron chi connectivity index (χ2n) is 5.36. The van der Waals surface area contributed by atoms with Crippen LogP contribution in [0.1, 0.15) is 43.9 Å². The maximum Gasteiger partial charge on any atom is 0.0991 e. The lowest BCUT2D eigenvalue weighted by Crippen LogP contribution is -2.40. The van der Waals surface area contributed by atoms with Crippen molar-refractivity contribution in [2.45, 2.75) is 44.4 Å². The van der Waals surface area contributed by atoms with E-state index in [4.69, 9.17) is 5.26 Å². The van der Waals surface area contributed by atoms with E-state index in [1.54, 1.807) is 12.1 Å². The van der Waals surface area contributed by atoms with Crippen LogP contribution in [0.3, 0.4) is 0 Å². The lowest BCUT2D eigenvalue weighted by molar-refractivity contribution is 0.131. The first kappa shape index (κ1) is 12.1. The molecule has 1 fully saturated rings. The number of aliphatic hydroxyl groups excluding tert-OH is 1. The summed E-state index contributed by atoms with van der Waals surface area (Å²) in [6.07, 6.45) is 1.49. The van der Waals surface area contributed by atoms with Crippen LogP contribution in [0.4, 0.5) is 0 Å². The van der Waals surface area contributed by atoms with Gasteiger partial charge in [-0.1, -0.05) is 12.1 Å².